The molecular formula is C29H28N2. The molecule has 2 aromatic heterocycles. The Balaban J connectivity index is 1.89. The lowest BCUT2D eigenvalue weighted by Gasteiger charge is -2.23. The summed E-state index contributed by atoms with van der Waals surface area (Å²) in [6.45, 7) is 9.12. The Morgan fingerprint density at radius 1 is 0.645 bits per heavy atom. The number of benzene rings is 3. The molecule has 0 aliphatic heterocycles. The summed E-state index contributed by atoms with van der Waals surface area (Å²) in [6, 6.07) is 28.4. The largest absolute Gasteiger partial charge is 0.307 e. The normalized spacial score (nSPS) is 11.8. The maximum Gasteiger partial charge on any atom is 0.0876 e. The highest BCUT2D eigenvalue weighted by molar-refractivity contribution is 5.91. The van der Waals surface area contributed by atoms with Crippen molar-refractivity contribution in [2.24, 2.45) is 0 Å². The summed E-state index contributed by atoms with van der Waals surface area (Å²) >= 11 is 0. The zero-order valence-electron chi connectivity index (χ0n) is 18.6. The fourth-order valence-corrected chi connectivity index (χ4v) is 4.58. The highest BCUT2D eigenvalue weighted by atomic mass is 15.0. The van der Waals surface area contributed by atoms with E-state index in [0.29, 0.717) is 11.8 Å². The molecule has 3 aromatic carbocycles. The molecule has 0 amide bonds. The number of pyridine rings is 1. The van der Waals surface area contributed by atoms with Crippen LogP contribution < -0.4 is 0 Å². The first-order valence-electron chi connectivity index (χ1n) is 11.1. The number of rotatable bonds is 4. The minimum absolute atomic E-state index is 0.423. The average Bonchev–Trinajstić information content (AvgIpc) is 3.17. The van der Waals surface area contributed by atoms with Crippen LogP contribution in [0.2, 0.25) is 0 Å². The monoisotopic (exact) mass is 404 g/mol. The van der Waals surface area contributed by atoms with Crippen molar-refractivity contribution in [3.8, 4) is 17.1 Å². The summed E-state index contributed by atoms with van der Waals surface area (Å²) in [5.74, 6) is 0.847. The van der Waals surface area contributed by atoms with Crippen LogP contribution in [0.15, 0.2) is 85.1 Å². The molecule has 5 aromatic rings. The van der Waals surface area contributed by atoms with Gasteiger partial charge in [-0.05, 0) is 46.5 Å². The van der Waals surface area contributed by atoms with Gasteiger partial charge in [-0.15, -0.1) is 0 Å². The van der Waals surface area contributed by atoms with E-state index in [9.17, 15) is 0 Å². The van der Waals surface area contributed by atoms with Crippen molar-refractivity contribution in [1.82, 2.24) is 9.55 Å². The molecule has 0 N–H and O–H groups in total. The maximum atomic E-state index is 4.89. The maximum absolute atomic E-state index is 4.89. The minimum atomic E-state index is 0.423. The molecule has 0 radical (unpaired) electrons. The van der Waals surface area contributed by atoms with E-state index in [-0.39, 0.29) is 0 Å². The Labute approximate surface area is 184 Å². The molecule has 154 valence electrons. The molecule has 0 aliphatic carbocycles. The predicted octanol–water partition coefficient (Wildman–Crippen LogP) is 8.09. The van der Waals surface area contributed by atoms with Gasteiger partial charge in [0.2, 0.25) is 0 Å². The molecule has 0 atom stereocenters. The van der Waals surface area contributed by atoms with Crippen molar-refractivity contribution in [2.45, 2.75) is 39.5 Å². The van der Waals surface area contributed by atoms with Crippen LogP contribution in [0.3, 0.4) is 0 Å². The molecule has 5 rings (SSSR count). The Kier molecular flexibility index (Phi) is 4.86. The van der Waals surface area contributed by atoms with Crippen LogP contribution in [-0.4, -0.2) is 9.55 Å². The average molecular weight is 405 g/mol. The van der Waals surface area contributed by atoms with Gasteiger partial charge in [0.15, 0.2) is 0 Å². The van der Waals surface area contributed by atoms with Crippen molar-refractivity contribution in [2.75, 3.05) is 0 Å². The highest BCUT2D eigenvalue weighted by Crippen LogP contribution is 2.38. The van der Waals surface area contributed by atoms with Crippen LogP contribution in [0, 0.1) is 0 Å². The fraction of sp³-hybridized carbons (Fsp3) is 0.207. The SMILES string of the molecule is CC(C)c1cccc(C(C)C)c1-n1c(-c2cc3ccccc3cn2)cc2ccccc21. The molecule has 31 heavy (non-hydrogen) atoms. The van der Waals surface area contributed by atoms with Gasteiger partial charge in [0.25, 0.3) is 0 Å². The van der Waals surface area contributed by atoms with Crippen molar-refractivity contribution in [3.05, 3.63) is 96.2 Å². The second kappa shape index (κ2) is 7.70. The summed E-state index contributed by atoms with van der Waals surface area (Å²) in [6.07, 6.45) is 1.99. The van der Waals surface area contributed by atoms with Gasteiger partial charge >= 0.3 is 0 Å². The third-order valence-electron chi connectivity index (χ3n) is 6.17. The number of fused-ring (bicyclic) bond motifs is 2. The van der Waals surface area contributed by atoms with Crippen molar-refractivity contribution >= 4 is 21.7 Å². The van der Waals surface area contributed by atoms with Crippen molar-refractivity contribution in [1.29, 1.82) is 0 Å². The first-order valence-corrected chi connectivity index (χ1v) is 11.1. The first-order chi connectivity index (χ1) is 15.0. The number of nitrogens with zero attached hydrogens (tertiary/aromatic N) is 2. The number of para-hydroxylation sites is 2. The van der Waals surface area contributed by atoms with Crippen LogP contribution >= 0.6 is 0 Å². The van der Waals surface area contributed by atoms with Crippen LogP contribution in [0.5, 0.6) is 0 Å². The molecule has 0 saturated heterocycles. The quantitative estimate of drug-likeness (QED) is 0.296. The number of aromatic nitrogens is 2. The highest BCUT2D eigenvalue weighted by Gasteiger charge is 2.21. The van der Waals surface area contributed by atoms with Crippen molar-refractivity contribution < 1.29 is 0 Å². The molecule has 2 heterocycles. The van der Waals surface area contributed by atoms with Gasteiger partial charge in [-0.3, -0.25) is 4.98 Å². The van der Waals surface area contributed by atoms with Crippen molar-refractivity contribution in [3.63, 3.8) is 0 Å². The van der Waals surface area contributed by atoms with Gasteiger partial charge < -0.3 is 4.57 Å². The van der Waals surface area contributed by atoms with Crippen LogP contribution in [-0.2, 0) is 0 Å². The third kappa shape index (κ3) is 3.33. The summed E-state index contributed by atoms with van der Waals surface area (Å²) in [5, 5.41) is 3.62. The van der Waals surface area contributed by atoms with E-state index in [0.717, 1.165) is 11.4 Å². The molecule has 0 bridgehead atoms. The number of hydrogen-bond donors (Lipinski definition) is 0. The lowest BCUT2D eigenvalue weighted by molar-refractivity contribution is 0.812. The zero-order chi connectivity index (χ0) is 21.5. The van der Waals surface area contributed by atoms with Gasteiger partial charge in [-0.2, -0.15) is 0 Å². The molecule has 0 fully saturated rings. The smallest absolute Gasteiger partial charge is 0.0876 e. The molecule has 0 aliphatic rings. The molecule has 0 spiro atoms. The summed E-state index contributed by atoms with van der Waals surface area (Å²) in [4.78, 5) is 4.89. The zero-order valence-corrected chi connectivity index (χ0v) is 18.6. The lowest BCUT2D eigenvalue weighted by atomic mass is 9.92. The lowest BCUT2D eigenvalue weighted by Crippen LogP contribution is -2.08. The van der Waals surface area contributed by atoms with Crippen LogP contribution in [0.1, 0.15) is 50.7 Å². The Bertz CT molecular complexity index is 1360. The second-order valence-electron chi connectivity index (χ2n) is 8.93. The molecule has 0 saturated carbocycles. The number of hydrogen-bond acceptors (Lipinski definition) is 1. The van der Waals surface area contributed by atoms with E-state index in [4.69, 9.17) is 4.98 Å². The molecule has 0 unspecified atom stereocenters. The third-order valence-corrected chi connectivity index (χ3v) is 6.17. The second-order valence-corrected chi connectivity index (χ2v) is 8.93. The summed E-state index contributed by atoms with van der Waals surface area (Å²) < 4.78 is 2.44. The Morgan fingerprint density at radius 3 is 1.94 bits per heavy atom. The minimum Gasteiger partial charge on any atom is -0.307 e. The fourth-order valence-electron chi connectivity index (χ4n) is 4.58. The Morgan fingerprint density at radius 2 is 1.26 bits per heavy atom. The molecule has 2 nitrogen and oxygen atoms in total. The van der Waals surface area contributed by atoms with Crippen LogP contribution in [0.4, 0.5) is 0 Å². The van der Waals surface area contributed by atoms with E-state index < -0.39 is 0 Å². The topological polar surface area (TPSA) is 17.8 Å². The molecular weight excluding hydrogens is 376 g/mol. The van der Waals surface area contributed by atoms with Crippen LogP contribution in [0.25, 0.3) is 38.8 Å². The van der Waals surface area contributed by atoms with Gasteiger partial charge in [-0.1, -0.05) is 88.4 Å². The van der Waals surface area contributed by atoms with E-state index in [2.05, 4.69) is 111 Å². The van der Waals surface area contributed by atoms with E-state index >= 15 is 0 Å². The predicted molar refractivity (Wildman–Crippen MR) is 132 cm³/mol. The van der Waals surface area contributed by atoms with Gasteiger partial charge in [-0.25, -0.2) is 0 Å². The summed E-state index contributed by atoms with van der Waals surface area (Å²) in [7, 11) is 0. The van der Waals surface area contributed by atoms with E-state index in [1.54, 1.807) is 0 Å². The standard InChI is InChI=1S/C29H28N2/c1-19(2)24-13-9-14-25(20(3)4)29(24)31-27-15-8-7-11-22(27)17-28(31)26-16-21-10-5-6-12-23(21)18-30-26/h5-20H,1-4H3. The van der Waals surface area contributed by atoms with Gasteiger partial charge in [0.05, 0.1) is 22.6 Å². The Hall–Kier alpha value is -3.39. The van der Waals surface area contributed by atoms with E-state index in [1.807, 2.05) is 6.20 Å². The summed E-state index contributed by atoms with van der Waals surface area (Å²) in [5.41, 5.74) is 7.41. The van der Waals surface area contributed by atoms with Gasteiger partial charge in [0.1, 0.15) is 0 Å². The molecule has 2 heteroatoms. The van der Waals surface area contributed by atoms with E-state index in [1.165, 1.54) is 38.5 Å². The van der Waals surface area contributed by atoms with Gasteiger partial charge in [0, 0.05) is 17.0 Å². The first kappa shape index (κ1) is 19.6.